The molecule has 0 aromatic carbocycles. The summed E-state index contributed by atoms with van der Waals surface area (Å²) in [5.41, 5.74) is -0.776. The van der Waals surface area contributed by atoms with Crippen LogP contribution in [0.4, 0.5) is 0 Å². The normalized spacial score (nSPS) is 31.7. The molecule has 0 N–H and O–H groups in total. The van der Waals surface area contributed by atoms with E-state index < -0.39 is 29.1 Å². The highest BCUT2D eigenvalue weighted by Crippen LogP contribution is 2.52. The standard InChI is InChI=1S/C17H22N4O2/c18-11-13-15(22)21(20-9-5-2-6-10-20)16(23)14(12-19)17(13)7-3-1-4-8-17/h13-14H,1-10H2. The number of hydrazine groups is 1. The van der Waals surface area contributed by atoms with E-state index in [9.17, 15) is 20.1 Å². The zero-order chi connectivity index (χ0) is 16.4. The van der Waals surface area contributed by atoms with Gasteiger partial charge in [-0.2, -0.15) is 10.5 Å². The Labute approximate surface area is 136 Å². The van der Waals surface area contributed by atoms with Gasteiger partial charge < -0.3 is 0 Å². The summed E-state index contributed by atoms with van der Waals surface area (Å²) in [6.07, 6.45) is 6.97. The first-order chi connectivity index (χ1) is 11.2. The molecular weight excluding hydrogens is 292 g/mol. The van der Waals surface area contributed by atoms with E-state index in [2.05, 4.69) is 12.1 Å². The molecule has 2 saturated heterocycles. The lowest BCUT2D eigenvalue weighted by Crippen LogP contribution is -2.64. The summed E-state index contributed by atoms with van der Waals surface area (Å²) in [6.45, 7) is 1.28. The molecule has 2 aliphatic heterocycles. The summed E-state index contributed by atoms with van der Waals surface area (Å²) in [7, 11) is 0. The maximum Gasteiger partial charge on any atom is 0.261 e. The lowest BCUT2D eigenvalue weighted by Gasteiger charge is -2.50. The Hall–Kier alpha value is -1.92. The molecule has 3 rings (SSSR count). The van der Waals surface area contributed by atoms with E-state index in [0.717, 1.165) is 43.5 Å². The van der Waals surface area contributed by atoms with Crippen LogP contribution in [0.3, 0.4) is 0 Å². The largest absolute Gasteiger partial charge is 0.271 e. The number of nitriles is 2. The molecule has 6 heteroatoms. The quantitative estimate of drug-likeness (QED) is 0.691. The Bertz CT molecular complexity index is 540. The van der Waals surface area contributed by atoms with Gasteiger partial charge in [0, 0.05) is 18.5 Å². The molecule has 6 nitrogen and oxygen atoms in total. The fraction of sp³-hybridized carbons (Fsp3) is 0.765. The highest BCUT2D eigenvalue weighted by Gasteiger charge is 2.60. The van der Waals surface area contributed by atoms with Crippen molar-refractivity contribution in [3.05, 3.63) is 0 Å². The number of hydrogen-bond donors (Lipinski definition) is 0. The number of hydrogen-bond acceptors (Lipinski definition) is 5. The molecule has 1 aliphatic carbocycles. The van der Waals surface area contributed by atoms with Gasteiger partial charge in [0.2, 0.25) is 0 Å². The van der Waals surface area contributed by atoms with Crippen molar-refractivity contribution in [3.8, 4) is 12.1 Å². The monoisotopic (exact) mass is 314 g/mol. The number of piperidine rings is 2. The van der Waals surface area contributed by atoms with E-state index in [1.54, 1.807) is 5.01 Å². The van der Waals surface area contributed by atoms with Gasteiger partial charge in [-0.15, -0.1) is 0 Å². The molecule has 0 aromatic rings. The van der Waals surface area contributed by atoms with E-state index in [4.69, 9.17) is 0 Å². The number of nitrogens with zero attached hydrogens (tertiary/aromatic N) is 4. The van der Waals surface area contributed by atoms with Gasteiger partial charge in [0.15, 0.2) is 0 Å². The van der Waals surface area contributed by atoms with E-state index in [-0.39, 0.29) is 0 Å². The molecule has 2 unspecified atom stereocenters. The molecular formula is C17H22N4O2. The Kier molecular flexibility index (Phi) is 4.37. The molecule has 0 radical (unpaired) electrons. The predicted molar refractivity (Wildman–Crippen MR) is 81.0 cm³/mol. The van der Waals surface area contributed by atoms with E-state index in [1.807, 2.05) is 0 Å². The fourth-order valence-corrected chi connectivity index (χ4v) is 4.52. The lowest BCUT2D eigenvalue weighted by molar-refractivity contribution is -0.185. The van der Waals surface area contributed by atoms with Crippen LogP contribution in [0.2, 0.25) is 0 Å². The second-order valence-electron chi connectivity index (χ2n) is 6.92. The minimum Gasteiger partial charge on any atom is -0.271 e. The van der Waals surface area contributed by atoms with Crippen LogP contribution in [-0.2, 0) is 9.59 Å². The van der Waals surface area contributed by atoms with Gasteiger partial charge in [0.05, 0.1) is 12.1 Å². The molecule has 122 valence electrons. The average molecular weight is 314 g/mol. The van der Waals surface area contributed by atoms with E-state index in [1.165, 1.54) is 0 Å². The van der Waals surface area contributed by atoms with Gasteiger partial charge in [-0.05, 0) is 25.7 Å². The van der Waals surface area contributed by atoms with Crippen molar-refractivity contribution in [2.45, 2.75) is 51.4 Å². The predicted octanol–water partition coefficient (Wildman–Crippen LogP) is 1.99. The zero-order valence-corrected chi connectivity index (χ0v) is 13.3. The Morgan fingerprint density at radius 3 is 1.78 bits per heavy atom. The SMILES string of the molecule is N#CC1C(=O)N(N2CCCCC2)C(=O)C(C#N)C12CCCCC2. The van der Waals surface area contributed by atoms with Gasteiger partial charge in [-0.25, -0.2) is 10.0 Å². The van der Waals surface area contributed by atoms with Crippen molar-refractivity contribution in [1.82, 2.24) is 10.0 Å². The van der Waals surface area contributed by atoms with Gasteiger partial charge in [-0.1, -0.05) is 25.7 Å². The van der Waals surface area contributed by atoms with Crippen molar-refractivity contribution in [3.63, 3.8) is 0 Å². The van der Waals surface area contributed by atoms with Crippen LogP contribution >= 0.6 is 0 Å². The van der Waals surface area contributed by atoms with Crippen LogP contribution in [0.15, 0.2) is 0 Å². The van der Waals surface area contributed by atoms with Crippen molar-refractivity contribution in [1.29, 1.82) is 10.5 Å². The summed E-state index contributed by atoms with van der Waals surface area (Å²) in [6, 6.07) is 4.29. The molecule has 1 saturated carbocycles. The second kappa shape index (κ2) is 6.29. The molecule has 0 aromatic heterocycles. The maximum atomic E-state index is 12.9. The van der Waals surface area contributed by atoms with Gasteiger partial charge >= 0.3 is 0 Å². The van der Waals surface area contributed by atoms with Crippen LogP contribution in [0.25, 0.3) is 0 Å². The lowest BCUT2D eigenvalue weighted by atomic mass is 9.57. The van der Waals surface area contributed by atoms with Crippen LogP contribution in [-0.4, -0.2) is 34.9 Å². The van der Waals surface area contributed by atoms with Crippen LogP contribution < -0.4 is 0 Å². The summed E-state index contributed by atoms with van der Waals surface area (Å²) in [4.78, 5) is 25.9. The van der Waals surface area contributed by atoms with E-state index >= 15 is 0 Å². The molecule has 23 heavy (non-hydrogen) atoms. The van der Waals surface area contributed by atoms with Crippen LogP contribution in [0.1, 0.15) is 51.4 Å². The molecule has 2 amide bonds. The third-order valence-electron chi connectivity index (χ3n) is 5.72. The van der Waals surface area contributed by atoms with Crippen LogP contribution in [0.5, 0.6) is 0 Å². The van der Waals surface area contributed by atoms with Crippen molar-refractivity contribution in [2.75, 3.05) is 13.1 Å². The number of carbonyl (C=O) groups is 2. The molecule has 3 aliphatic rings. The third-order valence-corrected chi connectivity index (χ3v) is 5.72. The highest BCUT2D eigenvalue weighted by atomic mass is 16.2. The number of rotatable bonds is 1. The molecule has 0 bridgehead atoms. The minimum atomic E-state index is -0.882. The third kappa shape index (κ3) is 2.42. The van der Waals surface area contributed by atoms with Crippen molar-refractivity contribution in [2.24, 2.45) is 17.3 Å². The summed E-state index contributed by atoms with van der Waals surface area (Å²) < 4.78 is 0. The molecule has 3 fully saturated rings. The number of carbonyl (C=O) groups excluding carboxylic acids is 2. The molecule has 2 atom stereocenters. The number of amides is 2. The topological polar surface area (TPSA) is 88.2 Å². The Balaban J connectivity index is 1.98. The highest BCUT2D eigenvalue weighted by molar-refractivity contribution is 6.02. The first-order valence-electron chi connectivity index (χ1n) is 8.57. The van der Waals surface area contributed by atoms with Crippen molar-refractivity contribution >= 4 is 11.8 Å². The maximum absolute atomic E-state index is 12.9. The van der Waals surface area contributed by atoms with Crippen molar-refractivity contribution < 1.29 is 9.59 Å². The van der Waals surface area contributed by atoms with Gasteiger partial charge in [-0.3, -0.25) is 9.59 Å². The fourth-order valence-electron chi connectivity index (χ4n) is 4.52. The Morgan fingerprint density at radius 1 is 0.826 bits per heavy atom. The Morgan fingerprint density at radius 2 is 1.30 bits per heavy atom. The summed E-state index contributed by atoms with van der Waals surface area (Å²) in [5.74, 6) is -2.58. The number of imide groups is 1. The van der Waals surface area contributed by atoms with Gasteiger partial charge in [0.1, 0.15) is 11.8 Å². The van der Waals surface area contributed by atoms with E-state index in [0.29, 0.717) is 25.9 Å². The van der Waals surface area contributed by atoms with Gasteiger partial charge in [0.25, 0.3) is 11.8 Å². The second-order valence-corrected chi connectivity index (χ2v) is 6.92. The molecule has 1 spiro atoms. The molecule has 2 heterocycles. The summed E-state index contributed by atoms with van der Waals surface area (Å²) >= 11 is 0. The minimum absolute atomic E-state index is 0.409. The summed E-state index contributed by atoms with van der Waals surface area (Å²) in [5, 5.41) is 22.2. The first kappa shape index (κ1) is 16.0. The van der Waals surface area contributed by atoms with Crippen LogP contribution in [0, 0.1) is 39.9 Å². The first-order valence-corrected chi connectivity index (χ1v) is 8.57. The average Bonchev–Trinajstić information content (AvgIpc) is 2.57. The zero-order valence-electron chi connectivity index (χ0n) is 13.3. The smallest absolute Gasteiger partial charge is 0.261 e.